The quantitative estimate of drug-likeness (QED) is 0.744. The molecule has 5 heteroatoms. The molecular formula is C14H27N3O2. The summed E-state index contributed by atoms with van der Waals surface area (Å²) in [5.41, 5.74) is 10.9. The molecule has 0 aromatic carbocycles. The van der Waals surface area contributed by atoms with E-state index in [0.717, 1.165) is 25.7 Å². The Labute approximate surface area is 115 Å². The van der Waals surface area contributed by atoms with Crippen molar-refractivity contribution in [2.45, 2.75) is 39.5 Å². The maximum Gasteiger partial charge on any atom is 0.237 e. The Balaban J connectivity index is 2.58. The average molecular weight is 269 g/mol. The van der Waals surface area contributed by atoms with Crippen molar-refractivity contribution in [3.63, 3.8) is 0 Å². The molecule has 0 spiro atoms. The van der Waals surface area contributed by atoms with E-state index in [0.29, 0.717) is 24.9 Å². The summed E-state index contributed by atoms with van der Waals surface area (Å²) in [6.07, 6.45) is 3.79. The van der Waals surface area contributed by atoms with Crippen molar-refractivity contribution in [3.05, 3.63) is 0 Å². The largest absolute Gasteiger partial charge is 0.368 e. The SMILES string of the molecule is CC(C)CN(CC(N)=O)C(=O)C1CCC(CN)CC1. The number of primary amides is 1. The van der Waals surface area contributed by atoms with Gasteiger partial charge in [-0.25, -0.2) is 0 Å². The molecule has 0 atom stereocenters. The minimum atomic E-state index is -0.440. The lowest BCUT2D eigenvalue weighted by Crippen LogP contribution is -2.44. The number of carbonyl (C=O) groups is 2. The molecule has 0 aromatic rings. The van der Waals surface area contributed by atoms with E-state index < -0.39 is 5.91 Å². The summed E-state index contributed by atoms with van der Waals surface area (Å²) >= 11 is 0. The van der Waals surface area contributed by atoms with E-state index in [-0.39, 0.29) is 18.4 Å². The van der Waals surface area contributed by atoms with Gasteiger partial charge in [-0.05, 0) is 44.1 Å². The maximum atomic E-state index is 12.5. The molecule has 1 aliphatic carbocycles. The smallest absolute Gasteiger partial charge is 0.237 e. The number of carbonyl (C=O) groups excluding carboxylic acids is 2. The second-order valence-corrected chi connectivity index (χ2v) is 6.03. The molecule has 1 saturated carbocycles. The average Bonchev–Trinajstić information content (AvgIpc) is 2.36. The van der Waals surface area contributed by atoms with Crippen LogP contribution in [0.25, 0.3) is 0 Å². The summed E-state index contributed by atoms with van der Waals surface area (Å²) in [5.74, 6) is 0.580. The van der Waals surface area contributed by atoms with Gasteiger partial charge in [0.15, 0.2) is 0 Å². The molecule has 1 rings (SSSR count). The van der Waals surface area contributed by atoms with Crippen LogP contribution in [0.15, 0.2) is 0 Å². The maximum absolute atomic E-state index is 12.5. The Kier molecular flexibility index (Phi) is 6.28. The van der Waals surface area contributed by atoms with Crippen molar-refractivity contribution in [3.8, 4) is 0 Å². The molecule has 0 heterocycles. The molecule has 0 radical (unpaired) electrons. The minimum absolute atomic E-state index is 0.0355. The third-order valence-corrected chi connectivity index (χ3v) is 3.77. The monoisotopic (exact) mass is 269 g/mol. The van der Waals surface area contributed by atoms with Crippen molar-refractivity contribution in [1.29, 1.82) is 0 Å². The van der Waals surface area contributed by atoms with Gasteiger partial charge in [0.05, 0.1) is 6.54 Å². The Morgan fingerprint density at radius 3 is 2.21 bits per heavy atom. The van der Waals surface area contributed by atoms with Gasteiger partial charge in [0, 0.05) is 12.5 Å². The first kappa shape index (κ1) is 16.0. The number of hydrogen-bond donors (Lipinski definition) is 2. The predicted octanol–water partition coefficient (Wildman–Crippen LogP) is 0.721. The zero-order chi connectivity index (χ0) is 14.4. The lowest BCUT2D eigenvalue weighted by atomic mass is 9.81. The molecule has 0 aromatic heterocycles. The molecule has 0 unspecified atom stereocenters. The van der Waals surface area contributed by atoms with E-state index in [1.54, 1.807) is 4.90 Å². The molecule has 19 heavy (non-hydrogen) atoms. The number of nitrogens with two attached hydrogens (primary N) is 2. The summed E-state index contributed by atoms with van der Waals surface area (Å²) < 4.78 is 0. The van der Waals surface area contributed by atoms with Crippen LogP contribution in [0.1, 0.15) is 39.5 Å². The first-order valence-corrected chi connectivity index (χ1v) is 7.21. The highest BCUT2D eigenvalue weighted by atomic mass is 16.2. The van der Waals surface area contributed by atoms with Crippen molar-refractivity contribution < 1.29 is 9.59 Å². The third kappa shape index (κ3) is 5.19. The van der Waals surface area contributed by atoms with Gasteiger partial charge < -0.3 is 16.4 Å². The zero-order valence-corrected chi connectivity index (χ0v) is 12.1. The van der Waals surface area contributed by atoms with Gasteiger partial charge in [0.2, 0.25) is 11.8 Å². The molecule has 0 aliphatic heterocycles. The highest BCUT2D eigenvalue weighted by molar-refractivity contribution is 5.85. The first-order chi connectivity index (χ1) is 8.93. The molecule has 4 N–H and O–H groups in total. The lowest BCUT2D eigenvalue weighted by Gasteiger charge is -2.32. The molecule has 1 aliphatic rings. The molecule has 110 valence electrons. The van der Waals surface area contributed by atoms with E-state index in [4.69, 9.17) is 11.5 Å². The van der Waals surface area contributed by atoms with E-state index in [9.17, 15) is 9.59 Å². The van der Waals surface area contributed by atoms with Crippen molar-refractivity contribution in [2.75, 3.05) is 19.6 Å². The lowest BCUT2D eigenvalue weighted by molar-refractivity contribution is -0.140. The van der Waals surface area contributed by atoms with Gasteiger partial charge in [-0.3, -0.25) is 9.59 Å². The molecule has 5 nitrogen and oxygen atoms in total. The number of nitrogens with zero attached hydrogens (tertiary/aromatic N) is 1. The summed E-state index contributed by atoms with van der Waals surface area (Å²) in [5, 5.41) is 0. The number of rotatable bonds is 6. The zero-order valence-electron chi connectivity index (χ0n) is 12.1. The van der Waals surface area contributed by atoms with Gasteiger partial charge in [-0.2, -0.15) is 0 Å². The van der Waals surface area contributed by atoms with Gasteiger partial charge in [-0.1, -0.05) is 13.8 Å². The normalized spacial score (nSPS) is 23.4. The summed E-state index contributed by atoms with van der Waals surface area (Å²) in [6, 6.07) is 0. The van der Waals surface area contributed by atoms with Crippen LogP contribution >= 0.6 is 0 Å². The fourth-order valence-corrected chi connectivity index (χ4v) is 2.76. The molecule has 0 saturated heterocycles. The van der Waals surface area contributed by atoms with Crippen molar-refractivity contribution in [1.82, 2.24) is 4.90 Å². The molecule has 0 bridgehead atoms. The van der Waals surface area contributed by atoms with E-state index in [2.05, 4.69) is 0 Å². The van der Waals surface area contributed by atoms with E-state index >= 15 is 0 Å². The Hall–Kier alpha value is -1.10. The van der Waals surface area contributed by atoms with Crippen LogP contribution in [0.4, 0.5) is 0 Å². The second kappa shape index (κ2) is 7.48. The number of hydrogen-bond acceptors (Lipinski definition) is 3. The van der Waals surface area contributed by atoms with Crippen LogP contribution in [0, 0.1) is 17.8 Å². The molecule has 2 amide bonds. The third-order valence-electron chi connectivity index (χ3n) is 3.77. The fourth-order valence-electron chi connectivity index (χ4n) is 2.76. The minimum Gasteiger partial charge on any atom is -0.368 e. The number of amides is 2. The van der Waals surface area contributed by atoms with Crippen LogP contribution < -0.4 is 11.5 Å². The highest BCUT2D eigenvalue weighted by Crippen LogP contribution is 2.29. The van der Waals surface area contributed by atoms with Crippen LogP contribution in [0.2, 0.25) is 0 Å². The Morgan fingerprint density at radius 2 is 1.79 bits per heavy atom. The topological polar surface area (TPSA) is 89.4 Å². The van der Waals surface area contributed by atoms with E-state index in [1.165, 1.54) is 0 Å². The van der Waals surface area contributed by atoms with E-state index in [1.807, 2.05) is 13.8 Å². The van der Waals surface area contributed by atoms with Crippen LogP contribution in [-0.4, -0.2) is 36.3 Å². The predicted molar refractivity (Wildman–Crippen MR) is 75.1 cm³/mol. The van der Waals surface area contributed by atoms with Gasteiger partial charge >= 0.3 is 0 Å². The van der Waals surface area contributed by atoms with Gasteiger partial charge in [-0.15, -0.1) is 0 Å². The van der Waals surface area contributed by atoms with Crippen LogP contribution in [0.5, 0.6) is 0 Å². The van der Waals surface area contributed by atoms with Gasteiger partial charge in [0.25, 0.3) is 0 Å². The molecule has 1 fully saturated rings. The Morgan fingerprint density at radius 1 is 1.21 bits per heavy atom. The summed E-state index contributed by atoms with van der Waals surface area (Å²) in [6.45, 7) is 5.41. The van der Waals surface area contributed by atoms with Crippen molar-refractivity contribution >= 4 is 11.8 Å². The highest BCUT2D eigenvalue weighted by Gasteiger charge is 2.29. The summed E-state index contributed by atoms with van der Waals surface area (Å²) in [7, 11) is 0. The summed E-state index contributed by atoms with van der Waals surface area (Å²) in [4.78, 5) is 25.2. The van der Waals surface area contributed by atoms with Crippen LogP contribution in [0.3, 0.4) is 0 Å². The fraction of sp³-hybridized carbons (Fsp3) is 0.857. The van der Waals surface area contributed by atoms with Crippen molar-refractivity contribution in [2.24, 2.45) is 29.2 Å². The second-order valence-electron chi connectivity index (χ2n) is 6.03. The first-order valence-electron chi connectivity index (χ1n) is 7.21. The van der Waals surface area contributed by atoms with Gasteiger partial charge in [0.1, 0.15) is 0 Å². The van der Waals surface area contributed by atoms with Crippen LogP contribution in [-0.2, 0) is 9.59 Å². The standard InChI is InChI=1S/C14H27N3O2/c1-10(2)8-17(9-13(16)18)14(19)12-5-3-11(7-15)4-6-12/h10-12H,3-9,15H2,1-2H3,(H2,16,18). The molecular weight excluding hydrogens is 242 g/mol. The Bertz CT molecular complexity index is 310.